The van der Waals surface area contributed by atoms with Gasteiger partial charge in [0, 0.05) is 56.9 Å². The Bertz CT molecular complexity index is 1100. The molecule has 3 heterocycles. The van der Waals surface area contributed by atoms with Crippen molar-refractivity contribution in [3.63, 3.8) is 0 Å². The lowest BCUT2D eigenvalue weighted by molar-refractivity contribution is 0.0398. The number of hydrogen-bond acceptors (Lipinski definition) is 8. The highest BCUT2D eigenvalue weighted by Gasteiger charge is 2.20. The molecule has 3 aromatic rings. The van der Waals surface area contributed by atoms with Crippen LogP contribution in [-0.4, -0.2) is 67.5 Å². The lowest BCUT2D eigenvalue weighted by Crippen LogP contribution is -2.39. The van der Waals surface area contributed by atoms with Gasteiger partial charge in [-0.15, -0.1) is 0 Å². The van der Waals surface area contributed by atoms with E-state index in [1.807, 2.05) is 30.6 Å². The van der Waals surface area contributed by atoms with Gasteiger partial charge >= 0.3 is 0 Å². The molecule has 1 N–H and O–H groups in total. The second-order valence-corrected chi connectivity index (χ2v) is 9.59. The number of benzene rings is 1. The van der Waals surface area contributed by atoms with Gasteiger partial charge in [-0.3, -0.25) is 9.88 Å². The van der Waals surface area contributed by atoms with Crippen molar-refractivity contribution in [1.82, 2.24) is 14.9 Å². The summed E-state index contributed by atoms with van der Waals surface area (Å²) >= 11 is 0. The molecule has 0 radical (unpaired) electrons. The highest BCUT2D eigenvalue weighted by atomic mass is 16.5. The van der Waals surface area contributed by atoms with Gasteiger partial charge in [0.05, 0.1) is 38.3 Å². The zero-order valence-corrected chi connectivity index (χ0v) is 21.6. The molecule has 1 saturated heterocycles. The summed E-state index contributed by atoms with van der Waals surface area (Å²) < 4.78 is 17.4. The van der Waals surface area contributed by atoms with E-state index in [1.165, 1.54) is 12.8 Å². The van der Waals surface area contributed by atoms with E-state index in [2.05, 4.69) is 44.4 Å². The highest BCUT2D eigenvalue weighted by molar-refractivity contribution is 5.67. The molecule has 2 aliphatic rings. The smallest absolute Gasteiger partial charge is 0.163 e. The fraction of sp³-hybridized carbons (Fsp3) is 0.448. The number of ether oxygens (including phenoxy) is 3. The highest BCUT2D eigenvalue weighted by Crippen LogP contribution is 2.37. The molecule has 8 heteroatoms. The summed E-state index contributed by atoms with van der Waals surface area (Å²) in [6, 6.07) is 14.4. The number of hydrogen-bond donors (Lipinski definition) is 1. The van der Waals surface area contributed by atoms with Crippen LogP contribution in [0.25, 0.3) is 0 Å². The average molecular weight is 504 g/mol. The third-order valence-electron chi connectivity index (χ3n) is 7.02. The number of rotatable bonds is 11. The summed E-state index contributed by atoms with van der Waals surface area (Å²) in [4.78, 5) is 13.7. The van der Waals surface area contributed by atoms with Gasteiger partial charge in [0.25, 0.3) is 0 Å². The molecule has 0 bridgehead atoms. The summed E-state index contributed by atoms with van der Waals surface area (Å²) in [6.07, 6.45) is 10.5. The second-order valence-electron chi connectivity index (χ2n) is 9.59. The minimum absolute atomic E-state index is 0.250. The number of nitrogens with zero attached hydrogens (tertiary/aromatic N) is 4. The van der Waals surface area contributed by atoms with Crippen LogP contribution in [0.1, 0.15) is 31.2 Å². The minimum atomic E-state index is 0.250. The molecule has 196 valence electrons. The molecular weight excluding hydrogens is 466 g/mol. The molecule has 0 atom stereocenters. The van der Waals surface area contributed by atoms with E-state index in [4.69, 9.17) is 19.2 Å². The van der Waals surface area contributed by atoms with Crippen LogP contribution in [0.4, 0.5) is 17.2 Å². The predicted octanol–water partition coefficient (Wildman–Crippen LogP) is 4.89. The lowest BCUT2D eigenvalue weighted by atomic mass is 10.2. The van der Waals surface area contributed by atoms with Gasteiger partial charge < -0.3 is 24.4 Å². The van der Waals surface area contributed by atoms with Gasteiger partial charge in [-0.1, -0.05) is 6.07 Å². The third-order valence-corrected chi connectivity index (χ3v) is 7.02. The lowest BCUT2D eigenvalue weighted by Gasteiger charge is -2.27. The summed E-state index contributed by atoms with van der Waals surface area (Å²) in [5.74, 6) is 2.42. The monoisotopic (exact) mass is 503 g/mol. The van der Waals surface area contributed by atoms with Gasteiger partial charge in [-0.2, -0.15) is 0 Å². The molecule has 2 aromatic heterocycles. The number of anilines is 3. The molecule has 1 aliphatic heterocycles. The Morgan fingerprint density at radius 1 is 1.03 bits per heavy atom. The first-order valence-electron chi connectivity index (χ1n) is 13.3. The maximum absolute atomic E-state index is 6.39. The van der Waals surface area contributed by atoms with Crippen LogP contribution in [0.5, 0.6) is 11.5 Å². The zero-order valence-electron chi connectivity index (χ0n) is 21.6. The van der Waals surface area contributed by atoms with E-state index < -0.39 is 0 Å². The summed E-state index contributed by atoms with van der Waals surface area (Å²) in [7, 11) is 1.69. The maximum Gasteiger partial charge on any atom is 0.163 e. The Balaban J connectivity index is 1.34. The Morgan fingerprint density at radius 3 is 2.59 bits per heavy atom. The van der Waals surface area contributed by atoms with Crippen molar-refractivity contribution < 1.29 is 14.2 Å². The van der Waals surface area contributed by atoms with E-state index in [0.29, 0.717) is 6.54 Å². The topological polar surface area (TPSA) is 72.0 Å². The fourth-order valence-electron chi connectivity index (χ4n) is 4.93. The summed E-state index contributed by atoms with van der Waals surface area (Å²) in [5.41, 5.74) is 3.14. The fourth-order valence-corrected chi connectivity index (χ4v) is 4.93. The Kier molecular flexibility index (Phi) is 8.71. The number of methoxy groups -OCH3 is 1. The van der Waals surface area contributed by atoms with Crippen LogP contribution >= 0.6 is 0 Å². The Morgan fingerprint density at radius 2 is 1.86 bits per heavy atom. The van der Waals surface area contributed by atoms with E-state index in [1.54, 1.807) is 13.3 Å². The molecule has 0 unspecified atom stereocenters. The van der Waals surface area contributed by atoms with Crippen molar-refractivity contribution in [2.45, 2.75) is 38.3 Å². The van der Waals surface area contributed by atoms with E-state index in [-0.39, 0.29) is 6.10 Å². The van der Waals surface area contributed by atoms with Crippen molar-refractivity contribution in [1.29, 1.82) is 0 Å². The molecule has 1 aliphatic carbocycles. The zero-order chi connectivity index (χ0) is 25.3. The van der Waals surface area contributed by atoms with Crippen molar-refractivity contribution in [2.24, 2.45) is 0 Å². The molecule has 0 spiro atoms. The summed E-state index contributed by atoms with van der Waals surface area (Å²) in [5, 5.41) is 3.45. The van der Waals surface area contributed by atoms with Crippen LogP contribution in [-0.2, 0) is 11.3 Å². The van der Waals surface area contributed by atoms with Crippen LogP contribution in [0.2, 0.25) is 0 Å². The first-order chi connectivity index (χ1) is 18.3. The first-order valence-corrected chi connectivity index (χ1v) is 13.3. The first kappa shape index (κ1) is 25.3. The number of nitrogens with one attached hydrogen (secondary N) is 1. The van der Waals surface area contributed by atoms with Crippen LogP contribution in [0.3, 0.4) is 0 Å². The largest absolute Gasteiger partial charge is 0.493 e. The van der Waals surface area contributed by atoms with Gasteiger partial charge in [-0.25, -0.2) is 4.98 Å². The van der Waals surface area contributed by atoms with E-state index in [9.17, 15) is 0 Å². The van der Waals surface area contributed by atoms with Crippen molar-refractivity contribution in [3.8, 4) is 11.5 Å². The quantitative estimate of drug-likeness (QED) is 0.397. The average Bonchev–Trinajstić information content (AvgIpc) is 3.47. The normalized spacial score (nSPS) is 16.5. The van der Waals surface area contributed by atoms with E-state index in [0.717, 1.165) is 86.5 Å². The molecule has 37 heavy (non-hydrogen) atoms. The molecule has 8 nitrogen and oxygen atoms in total. The van der Waals surface area contributed by atoms with Crippen LogP contribution in [0, 0.1) is 0 Å². The minimum Gasteiger partial charge on any atom is -0.493 e. The van der Waals surface area contributed by atoms with Crippen molar-refractivity contribution >= 4 is 17.2 Å². The molecule has 1 aromatic carbocycles. The van der Waals surface area contributed by atoms with Gasteiger partial charge in [0.15, 0.2) is 11.5 Å². The van der Waals surface area contributed by atoms with Crippen LogP contribution < -0.4 is 19.7 Å². The number of pyridine rings is 2. The van der Waals surface area contributed by atoms with Crippen molar-refractivity contribution in [3.05, 3.63) is 66.6 Å². The van der Waals surface area contributed by atoms with Gasteiger partial charge in [0.1, 0.15) is 5.82 Å². The molecular formula is C29H37N5O3. The predicted molar refractivity (Wildman–Crippen MR) is 146 cm³/mol. The molecule has 2 fully saturated rings. The van der Waals surface area contributed by atoms with Crippen molar-refractivity contribution in [2.75, 3.05) is 56.7 Å². The Labute approximate surface area is 219 Å². The van der Waals surface area contributed by atoms with E-state index >= 15 is 0 Å². The number of morpholine rings is 1. The second kappa shape index (κ2) is 12.7. The number of aromatic nitrogens is 2. The summed E-state index contributed by atoms with van der Waals surface area (Å²) in [6.45, 7) is 6.12. The van der Waals surface area contributed by atoms with Crippen LogP contribution in [0.15, 0.2) is 61.1 Å². The Hall–Kier alpha value is -3.36. The maximum atomic E-state index is 6.39. The molecule has 0 amide bonds. The van der Waals surface area contributed by atoms with Gasteiger partial charge in [0.2, 0.25) is 0 Å². The van der Waals surface area contributed by atoms with Gasteiger partial charge in [-0.05, 0) is 61.6 Å². The molecule has 5 rings (SSSR count). The standard InChI is InChI=1S/C29H37N5O3/c1-35-27-10-8-24(19-28(27)37-26-6-2-3-7-26)34(22-23-5-4-12-30-20-23)25-9-11-29(32-21-25)31-13-14-33-15-17-36-18-16-33/h4-5,8-12,19-21,26H,2-3,6-7,13-18,22H2,1H3,(H,31,32). The SMILES string of the molecule is COc1ccc(N(Cc2cccnc2)c2ccc(NCCN3CCOCC3)nc2)cc1OC1CCCC1. The molecule has 1 saturated carbocycles. The third kappa shape index (κ3) is 6.90.